The van der Waals surface area contributed by atoms with E-state index in [-0.39, 0.29) is 17.8 Å². The van der Waals surface area contributed by atoms with Crippen LogP contribution in [0.5, 0.6) is 5.75 Å². The van der Waals surface area contributed by atoms with Gasteiger partial charge in [0, 0.05) is 43.7 Å². The summed E-state index contributed by atoms with van der Waals surface area (Å²) in [7, 11) is 1.87. The summed E-state index contributed by atoms with van der Waals surface area (Å²) in [5.41, 5.74) is 1.97. The first-order valence-electron chi connectivity index (χ1n) is 9.37. The summed E-state index contributed by atoms with van der Waals surface area (Å²) in [6.07, 6.45) is 5.13. The van der Waals surface area contributed by atoms with Crippen LogP contribution in [0.1, 0.15) is 6.42 Å². The minimum Gasteiger partial charge on any atom is -0.507 e. The van der Waals surface area contributed by atoms with Gasteiger partial charge in [-0.15, -0.1) is 10.2 Å². The standard InChI is InChI=1S/C20H21FN6O/c1-26(20-12-8-16(19(20)21)23-10-12)18-5-4-15(24-25-18)14-3-2-13(9-17(14)28)27-7-6-22-11-27/h2-7,9,11-12,16,19-20,23,28H,8,10H2,1H3/t12?,16?,19-,20-/m0/s1. The number of aromatic hydroxyl groups is 1. The molecule has 2 fully saturated rings. The quantitative estimate of drug-likeness (QED) is 0.722. The van der Waals surface area contributed by atoms with E-state index in [0.29, 0.717) is 23.0 Å². The van der Waals surface area contributed by atoms with E-state index in [4.69, 9.17) is 0 Å². The summed E-state index contributed by atoms with van der Waals surface area (Å²) in [5, 5.41) is 22.2. The molecule has 2 N–H and O–H groups in total. The number of fused-ring (bicyclic) bond motifs is 2. The zero-order chi connectivity index (χ0) is 19.3. The maximum Gasteiger partial charge on any atom is 0.151 e. The number of phenols is 1. The summed E-state index contributed by atoms with van der Waals surface area (Å²) in [6.45, 7) is 0.850. The van der Waals surface area contributed by atoms with E-state index in [1.807, 2.05) is 40.9 Å². The summed E-state index contributed by atoms with van der Waals surface area (Å²) in [5.74, 6) is 1.05. The van der Waals surface area contributed by atoms with Gasteiger partial charge in [-0.25, -0.2) is 9.37 Å². The van der Waals surface area contributed by atoms with Gasteiger partial charge in [-0.05, 0) is 36.6 Å². The zero-order valence-corrected chi connectivity index (χ0v) is 15.4. The highest BCUT2D eigenvalue weighted by atomic mass is 19.1. The molecule has 8 heteroatoms. The monoisotopic (exact) mass is 380 g/mol. The second-order valence-corrected chi connectivity index (χ2v) is 7.50. The molecule has 1 aliphatic carbocycles. The molecule has 1 aliphatic heterocycles. The molecular formula is C20H21FN6O. The molecule has 28 heavy (non-hydrogen) atoms. The van der Waals surface area contributed by atoms with Crippen LogP contribution >= 0.6 is 0 Å². The van der Waals surface area contributed by atoms with Gasteiger partial charge in [0.1, 0.15) is 11.9 Å². The topological polar surface area (TPSA) is 79.1 Å². The van der Waals surface area contributed by atoms with E-state index in [9.17, 15) is 9.50 Å². The Morgan fingerprint density at radius 2 is 2.14 bits per heavy atom. The van der Waals surface area contributed by atoms with Gasteiger partial charge >= 0.3 is 0 Å². The Morgan fingerprint density at radius 1 is 1.25 bits per heavy atom. The van der Waals surface area contributed by atoms with E-state index in [0.717, 1.165) is 18.7 Å². The first-order valence-corrected chi connectivity index (χ1v) is 9.37. The highest BCUT2D eigenvalue weighted by Gasteiger charge is 2.50. The molecular weight excluding hydrogens is 359 g/mol. The van der Waals surface area contributed by atoms with Crippen LogP contribution in [-0.2, 0) is 0 Å². The number of rotatable bonds is 4. The summed E-state index contributed by atoms with van der Waals surface area (Å²) < 4.78 is 16.4. The third kappa shape index (κ3) is 2.72. The van der Waals surface area contributed by atoms with Gasteiger partial charge in [0.25, 0.3) is 0 Å². The molecule has 0 amide bonds. The molecule has 2 bridgehead atoms. The average Bonchev–Trinajstić information content (AvgIpc) is 3.45. The largest absolute Gasteiger partial charge is 0.507 e. The molecule has 1 saturated carbocycles. The van der Waals surface area contributed by atoms with Crippen molar-refractivity contribution in [2.45, 2.75) is 24.7 Å². The van der Waals surface area contributed by atoms with Crippen LogP contribution in [0.2, 0.25) is 0 Å². The summed E-state index contributed by atoms with van der Waals surface area (Å²) in [4.78, 5) is 5.91. The molecule has 2 aliphatic rings. The minimum atomic E-state index is -0.898. The maximum absolute atomic E-state index is 14.6. The molecule has 3 aromatic rings. The lowest BCUT2D eigenvalue weighted by molar-refractivity contribution is 0.220. The number of alkyl halides is 1. The predicted molar refractivity (Wildman–Crippen MR) is 103 cm³/mol. The molecule has 1 saturated heterocycles. The predicted octanol–water partition coefficient (Wildman–Crippen LogP) is 2.17. The lowest BCUT2D eigenvalue weighted by Crippen LogP contribution is -2.51. The van der Waals surface area contributed by atoms with E-state index in [1.165, 1.54) is 0 Å². The molecule has 2 aromatic heterocycles. The molecule has 0 radical (unpaired) electrons. The highest BCUT2D eigenvalue weighted by molar-refractivity contribution is 5.69. The van der Waals surface area contributed by atoms with Gasteiger partial charge in [0.15, 0.2) is 5.82 Å². The number of imidazole rings is 1. The van der Waals surface area contributed by atoms with Gasteiger partial charge in [-0.1, -0.05) is 0 Å². The third-order valence-corrected chi connectivity index (χ3v) is 5.91. The van der Waals surface area contributed by atoms with E-state index >= 15 is 0 Å². The molecule has 1 aromatic carbocycles. The molecule has 3 heterocycles. The number of halogens is 1. The van der Waals surface area contributed by atoms with E-state index < -0.39 is 6.17 Å². The number of hydrogen-bond donors (Lipinski definition) is 2. The minimum absolute atomic E-state index is 0.0457. The second-order valence-electron chi connectivity index (χ2n) is 7.50. The van der Waals surface area contributed by atoms with Gasteiger partial charge < -0.3 is 19.9 Å². The van der Waals surface area contributed by atoms with Crippen molar-refractivity contribution in [2.75, 3.05) is 18.5 Å². The van der Waals surface area contributed by atoms with Crippen molar-refractivity contribution in [3.8, 4) is 22.7 Å². The Morgan fingerprint density at radius 3 is 2.79 bits per heavy atom. The van der Waals surface area contributed by atoms with Crippen LogP contribution in [0.4, 0.5) is 10.2 Å². The molecule has 144 valence electrons. The Kier molecular flexibility index (Phi) is 4.01. The number of hydrogen-bond acceptors (Lipinski definition) is 6. The normalized spacial score (nSPS) is 25.9. The van der Waals surface area contributed by atoms with Crippen LogP contribution in [0.25, 0.3) is 16.9 Å². The van der Waals surface area contributed by atoms with Crippen LogP contribution in [0, 0.1) is 5.92 Å². The number of piperidine rings is 1. The molecule has 0 spiro atoms. The number of benzene rings is 1. The molecule has 5 rings (SSSR count). The van der Waals surface area contributed by atoms with Crippen molar-refractivity contribution in [3.05, 3.63) is 49.1 Å². The second kappa shape index (κ2) is 6.56. The molecule has 2 unspecified atom stereocenters. The van der Waals surface area contributed by atoms with Gasteiger partial charge in [-0.3, -0.25) is 0 Å². The first kappa shape index (κ1) is 17.1. The van der Waals surface area contributed by atoms with Crippen LogP contribution in [-0.4, -0.2) is 56.7 Å². The van der Waals surface area contributed by atoms with Crippen molar-refractivity contribution in [3.63, 3.8) is 0 Å². The van der Waals surface area contributed by atoms with E-state index in [2.05, 4.69) is 20.5 Å². The van der Waals surface area contributed by atoms with E-state index in [1.54, 1.807) is 24.7 Å². The van der Waals surface area contributed by atoms with Crippen molar-refractivity contribution in [1.82, 2.24) is 25.1 Å². The van der Waals surface area contributed by atoms with Gasteiger partial charge in [-0.2, -0.15) is 0 Å². The Balaban J connectivity index is 1.38. The van der Waals surface area contributed by atoms with Crippen molar-refractivity contribution in [2.24, 2.45) is 5.92 Å². The number of aromatic nitrogens is 4. The number of nitrogens with zero attached hydrogens (tertiary/aromatic N) is 5. The Bertz CT molecular complexity index is 975. The fourth-order valence-corrected chi connectivity index (χ4v) is 4.45. The van der Waals surface area contributed by atoms with Gasteiger partial charge in [0.05, 0.1) is 23.8 Å². The van der Waals surface area contributed by atoms with Crippen LogP contribution in [0.15, 0.2) is 49.1 Å². The highest BCUT2D eigenvalue weighted by Crippen LogP contribution is 2.38. The molecule has 4 atom stereocenters. The first-order chi connectivity index (χ1) is 13.6. The number of anilines is 1. The zero-order valence-electron chi connectivity index (χ0n) is 15.4. The Hall–Kier alpha value is -3.00. The van der Waals surface area contributed by atoms with Crippen LogP contribution in [0.3, 0.4) is 0 Å². The fourth-order valence-electron chi connectivity index (χ4n) is 4.45. The summed E-state index contributed by atoms with van der Waals surface area (Å²) in [6, 6.07) is 8.77. The third-order valence-electron chi connectivity index (χ3n) is 5.91. The lowest BCUT2D eigenvalue weighted by atomic mass is 10.0. The van der Waals surface area contributed by atoms with Crippen molar-refractivity contribution >= 4 is 5.82 Å². The fraction of sp³-hybridized carbons (Fsp3) is 0.350. The summed E-state index contributed by atoms with van der Waals surface area (Å²) >= 11 is 0. The van der Waals surface area contributed by atoms with Gasteiger partial charge in [0.2, 0.25) is 0 Å². The smallest absolute Gasteiger partial charge is 0.151 e. The lowest BCUT2D eigenvalue weighted by Gasteiger charge is -2.34. The maximum atomic E-state index is 14.6. The number of phenolic OH excluding ortho intramolecular Hbond substituents is 1. The average molecular weight is 380 g/mol. The Labute approximate surface area is 161 Å². The number of nitrogens with one attached hydrogen (secondary N) is 1. The van der Waals surface area contributed by atoms with Crippen LogP contribution < -0.4 is 10.2 Å². The van der Waals surface area contributed by atoms with Crippen molar-refractivity contribution < 1.29 is 9.50 Å². The molecule has 7 nitrogen and oxygen atoms in total. The SMILES string of the molecule is CN(c1ccc(-c2ccc(-n3ccnc3)cc2O)nn1)[C@H]1C2CNC(C2)[C@@H]1F. The van der Waals surface area contributed by atoms with Crippen molar-refractivity contribution in [1.29, 1.82) is 0 Å².